The maximum Gasteiger partial charge on any atom is 0.500 e. The molecule has 0 spiro atoms. The third-order valence-corrected chi connectivity index (χ3v) is 6.21. The van der Waals surface area contributed by atoms with Crippen LogP contribution in [0, 0.1) is 0 Å². The summed E-state index contributed by atoms with van der Waals surface area (Å²) in [5.74, 6) is 1.05. The van der Waals surface area contributed by atoms with Gasteiger partial charge in [0.1, 0.15) is 0 Å². The van der Waals surface area contributed by atoms with Gasteiger partial charge in [-0.1, -0.05) is 6.58 Å². The van der Waals surface area contributed by atoms with Gasteiger partial charge in [0.15, 0.2) is 0 Å². The summed E-state index contributed by atoms with van der Waals surface area (Å²) in [6, 6.07) is 0.892. The van der Waals surface area contributed by atoms with Crippen LogP contribution in [0.3, 0.4) is 0 Å². The van der Waals surface area contributed by atoms with Crippen LogP contribution in [0.1, 0.15) is 34.1 Å². The molecule has 0 fully saturated rings. The highest BCUT2D eigenvalue weighted by atomic mass is 32.2. The number of rotatable bonds is 11. The molecule has 0 heterocycles. The Morgan fingerprint density at radius 3 is 1.88 bits per heavy atom. The van der Waals surface area contributed by atoms with Crippen LogP contribution in [0.5, 0.6) is 0 Å². The van der Waals surface area contributed by atoms with Gasteiger partial charge in [-0.3, -0.25) is 0 Å². The van der Waals surface area contributed by atoms with Gasteiger partial charge in [-0.25, -0.2) is 0 Å². The molecule has 0 N–H and O–H groups in total. The van der Waals surface area contributed by atoms with Gasteiger partial charge in [0.25, 0.3) is 0 Å². The molecule has 0 aromatic carbocycles. The van der Waals surface area contributed by atoms with Crippen LogP contribution in [0.15, 0.2) is 11.5 Å². The zero-order valence-corrected chi connectivity index (χ0v) is 13.4. The van der Waals surface area contributed by atoms with E-state index in [1.807, 2.05) is 27.7 Å². The normalized spacial score (nSPS) is 11.8. The highest BCUT2D eigenvalue weighted by Gasteiger charge is 2.39. The summed E-state index contributed by atoms with van der Waals surface area (Å²) < 4.78 is 17.3. The van der Waals surface area contributed by atoms with E-state index in [2.05, 4.69) is 6.58 Å². The summed E-state index contributed by atoms with van der Waals surface area (Å²) in [5, 5.41) is 0. The Balaban J connectivity index is 4.18. The lowest BCUT2D eigenvalue weighted by Crippen LogP contribution is -2.46. The van der Waals surface area contributed by atoms with E-state index in [0.29, 0.717) is 19.8 Å². The first-order valence-electron chi connectivity index (χ1n) is 6.30. The van der Waals surface area contributed by atoms with Crippen LogP contribution in [0.2, 0.25) is 6.04 Å². The van der Waals surface area contributed by atoms with Crippen LogP contribution in [-0.4, -0.2) is 34.4 Å². The minimum atomic E-state index is -2.41. The van der Waals surface area contributed by atoms with Crippen molar-refractivity contribution in [3.8, 4) is 0 Å². The van der Waals surface area contributed by atoms with Crippen LogP contribution >= 0.6 is 11.8 Å². The van der Waals surface area contributed by atoms with Crippen LogP contribution in [0.4, 0.5) is 0 Å². The second-order valence-electron chi connectivity index (χ2n) is 3.64. The van der Waals surface area contributed by atoms with Crippen molar-refractivity contribution in [1.29, 1.82) is 0 Å². The van der Waals surface area contributed by atoms with Crippen molar-refractivity contribution in [1.82, 2.24) is 0 Å². The summed E-state index contributed by atoms with van der Waals surface area (Å²) in [6.07, 6.45) is 1.05. The Morgan fingerprint density at radius 1 is 1.06 bits per heavy atom. The smallest absolute Gasteiger partial charge is 0.374 e. The van der Waals surface area contributed by atoms with E-state index < -0.39 is 8.80 Å². The maximum atomic E-state index is 5.78. The number of thioether (sulfide) groups is 1. The third-order valence-electron chi connectivity index (χ3n) is 2.07. The second-order valence-corrected chi connectivity index (χ2v) is 7.76. The predicted molar refractivity (Wildman–Crippen MR) is 77.3 cm³/mol. The molecule has 0 amide bonds. The van der Waals surface area contributed by atoms with Gasteiger partial charge in [0, 0.05) is 25.9 Å². The Hall–Kier alpha value is 0.187. The predicted octanol–water partition coefficient (Wildman–Crippen LogP) is 3.69. The van der Waals surface area contributed by atoms with Gasteiger partial charge in [0.2, 0.25) is 0 Å². The third kappa shape index (κ3) is 7.99. The van der Waals surface area contributed by atoms with Crippen molar-refractivity contribution >= 4 is 20.6 Å². The minimum Gasteiger partial charge on any atom is -0.374 e. The molecular formula is C12H26O3SSi. The van der Waals surface area contributed by atoms with E-state index in [-0.39, 0.29) is 0 Å². The highest BCUT2D eigenvalue weighted by Crippen LogP contribution is 2.21. The first-order chi connectivity index (χ1) is 8.10. The molecule has 0 bridgehead atoms. The fourth-order valence-corrected chi connectivity index (χ4v) is 5.04. The Bertz CT molecular complexity index is 195. The molecule has 0 aromatic heterocycles. The highest BCUT2D eigenvalue weighted by molar-refractivity contribution is 8.03. The first-order valence-corrected chi connectivity index (χ1v) is 9.22. The lowest BCUT2D eigenvalue weighted by molar-refractivity contribution is 0.0712. The van der Waals surface area contributed by atoms with E-state index in [0.717, 1.165) is 23.1 Å². The maximum absolute atomic E-state index is 5.78. The van der Waals surface area contributed by atoms with Crippen molar-refractivity contribution in [2.24, 2.45) is 0 Å². The van der Waals surface area contributed by atoms with Gasteiger partial charge in [-0.15, -0.1) is 11.8 Å². The second kappa shape index (κ2) is 10.1. The molecule has 0 aliphatic rings. The van der Waals surface area contributed by atoms with Gasteiger partial charge in [0.05, 0.1) is 0 Å². The number of allylic oxidation sites excluding steroid dienone is 1. The standard InChI is InChI=1S/C12H26O3SSi/c1-6-13-17(14-7-2,15-8-3)11-9-10-16-12(4)5/h4,6-11H2,1-3,5H3. The van der Waals surface area contributed by atoms with Crippen molar-refractivity contribution in [3.63, 3.8) is 0 Å². The molecular weight excluding hydrogens is 252 g/mol. The van der Waals surface area contributed by atoms with E-state index >= 15 is 0 Å². The average Bonchev–Trinajstić information content (AvgIpc) is 2.25. The Labute approximate surface area is 111 Å². The molecule has 0 saturated carbocycles. The molecule has 0 aliphatic carbocycles. The Morgan fingerprint density at radius 2 is 1.53 bits per heavy atom. The SMILES string of the molecule is C=C(C)SCCC[Si](OCC)(OCC)OCC. The topological polar surface area (TPSA) is 27.7 Å². The Kier molecular flexibility index (Phi) is 10.3. The molecule has 0 saturated heterocycles. The zero-order valence-electron chi connectivity index (χ0n) is 11.6. The molecule has 0 rings (SSSR count). The van der Waals surface area contributed by atoms with Crippen molar-refractivity contribution in [3.05, 3.63) is 11.5 Å². The van der Waals surface area contributed by atoms with Crippen LogP contribution in [0.25, 0.3) is 0 Å². The molecule has 0 aromatic rings. The number of hydrogen-bond donors (Lipinski definition) is 0. The summed E-state index contributed by atoms with van der Waals surface area (Å²) in [7, 11) is -2.41. The van der Waals surface area contributed by atoms with Gasteiger partial charge >= 0.3 is 8.80 Å². The number of hydrogen-bond acceptors (Lipinski definition) is 4. The van der Waals surface area contributed by atoms with Crippen molar-refractivity contribution in [2.75, 3.05) is 25.6 Å². The van der Waals surface area contributed by atoms with E-state index in [1.54, 1.807) is 11.8 Å². The molecule has 0 radical (unpaired) electrons. The summed E-state index contributed by atoms with van der Waals surface area (Å²) >= 11 is 1.79. The average molecular weight is 278 g/mol. The van der Waals surface area contributed by atoms with Crippen molar-refractivity contribution in [2.45, 2.75) is 40.2 Å². The molecule has 0 aliphatic heterocycles. The van der Waals surface area contributed by atoms with E-state index in [9.17, 15) is 0 Å². The molecule has 0 atom stereocenters. The largest absolute Gasteiger partial charge is 0.500 e. The summed E-state index contributed by atoms with van der Waals surface area (Å²) in [6.45, 7) is 13.8. The quantitative estimate of drug-likeness (QED) is 0.425. The zero-order chi connectivity index (χ0) is 13.1. The summed E-state index contributed by atoms with van der Waals surface area (Å²) in [5.41, 5.74) is 0. The first kappa shape index (κ1) is 17.2. The van der Waals surface area contributed by atoms with Gasteiger partial charge in [-0.05, 0) is 44.8 Å². The van der Waals surface area contributed by atoms with Crippen LogP contribution in [-0.2, 0) is 13.3 Å². The van der Waals surface area contributed by atoms with E-state index in [4.69, 9.17) is 13.3 Å². The molecule has 5 heteroatoms. The van der Waals surface area contributed by atoms with Gasteiger partial charge in [-0.2, -0.15) is 0 Å². The fraction of sp³-hybridized carbons (Fsp3) is 0.833. The fourth-order valence-electron chi connectivity index (χ4n) is 1.54. The lowest BCUT2D eigenvalue weighted by Gasteiger charge is -2.28. The van der Waals surface area contributed by atoms with Gasteiger partial charge < -0.3 is 13.3 Å². The van der Waals surface area contributed by atoms with E-state index in [1.165, 1.54) is 0 Å². The minimum absolute atomic E-state index is 0.653. The molecule has 102 valence electrons. The monoisotopic (exact) mass is 278 g/mol. The lowest BCUT2D eigenvalue weighted by atomic mass is 10.6. The van der Waals surface area contributed by atoms with Crippen molar-refractivity contribution < 1.29 is 13.3 Å². The van der Waals surface area contributed by atoms with Crippen LogP contribution < -0.4 is 0 Å². The molecule has 3 nitrogen and oxygen atoms in total. The molecule has 17 heavy (non-hydrogen) atoms. The molecule has 0 unspecified atom stereocenters. The summed E-state index contributed by atoms with van der Waals surface area (Å²) in [4.78, 5) is 1.15.